The molecular formula is C14H15N3O3S3. The molecule has 9 heteroatoms. The van der Waals surface area contributed by atoms with Crippen LogP contribution in [0.5, 0.6) is 0 Å². The molecule has 3 rings (SSSR count). The number of Topliss-reactive ketones (excluding diaryl/α,β-unsaturated/α-hetero) is 1. The van der Waals surface area contributed by atoms with Crippen LogP contribution in [-0.2, 0) is 16.4 Å². The van der Waals surface area contributed by atoms with Crippen LogP contribution in [-0.4, -0.2) is 43.0 Å². The monoisotopic (exact) mass is 369 g/mol. The minimum absolute atomic E-state index is 0.00415. The molecule has 0 saturated heterocycles. The number of ketones is 1. The van der Waals surface area contributed by atoms with Crippen molar-refractivity contribution in [2.45, 2.75) is 17.2 Å². The van der Waals surface area contributed by atoms with Gasteiger partial charge in [0.15, 0.2) is 10.1 Å². The molecule has 2 aromatic rings. The molecule has 6 nitrogen and oxygen atoms in total. The third-order valence-electron chi connectivity index (χ3n) is 3.54. The van der Waals surface area contributed by atoms with Gasteiger partial charge in [-0.25, -0.2) is 8.42 Å². The Morgan fingerprint density at radius 3 is 2.96 bits per heavy atom. The van der Waals surface area contributed by atoms with E-state index < -0.39 is 10.0 Å². The number of thioether (sulfide) groups is 1. The number of nitrogens with zero attached hydrogens (tertiary/aromatic N) is 3. The standard InChI is InChI=1S/C14H15N3O3S3/c1-23(19,20)17-6-2-3-10-7-11(4-5-12(10)17)13(18)8-21-14-16-15-9-22-14/h4-5,7,9H,2-3,6,8H2,1H3. The molecule has 0 bridgehead atoms. The van der Waals surface area contributed by atoms with E-state index in [2.05, 4.69) is 10.2 Å². The van der Waals surface area contributed by atoms with Crippen LogP contribution in [0.15, 0.2) is 28.0 Å². The first-order valence-corrected chi connectivity index (χ1v) is 10.7. The molecule has 0 unspecified atom stereocenters. The zero-order valence-corrected chi connectivity index (χ0v) is 14.9. The predicted molar refractivity (Wildman–Crippen MR) is 91.9 cm³/mol. The second kappa shape index (κ2) is 6.58. The number of hydrogen-bond acceptors (Lipinski definition) is 7. The minimum atomic E-state index is -3.28. The summed E-state index contributed by atoms with van der Waals surface area (Å²) in [6.45, 7) is 0.492. The van der Waals surface area contributed by atoms with Crippen LogP contribution in [0.3, 0.4) is 0 Å². The van der Waals surface area contributed by atoms with Crippen LogP contribution < -0.4 is 4.31 Å². The first-order chi connectivity index (χ1) is 10.9. The van der Waals surface area contributed by atoms with Gasteiger partial charge in [-0.05, 0) is 36.6 Å². The lowest BCUT2D eigenvalue weighted by atomic mass is 9.99. The zero-order chi connectivity index (χ0) is 16.4. The molecule has 0 spiro atoms. The number of aromatic nitrogens is 2. The Kier molecular flexibility index (Phi) is 4.69. The van der Waals surface area contributed by atoms with Crippen LogP contribution in [0.1, 0.15) is 22.3 Å². The lowest BCUT2D eigenvalue weighted by Crippen LogP contribution is -2.34. The van der Waals surface area contributed by atoms with Gasteiger partial charge in [0.2, 0.25) is 10.0 Å². The number of carbonyl (C=O) groups is 1. The molecule has 0 aliphatic carbocycles. The summed E-state index contributed by atoms with van der Waals surface area (Å²) in [5, 5.41) is 7.63. The molecule has 23 heavy (non-hydrogen) atoms. The summed E-state index contributed by atoms with van der Waals surface area (Å²) in [4.78, 5) is 12.3. The van der Waals surface area contributed by atoms with E-state index in [0.29, 0.717) is 23.5 Å². The Bertz CT molecular complexity index is 819. The molecule has 1 aliphatic heterocycles. The summed E-state index contributed by atoms with van der Waals surface area (Å²) in [7, 11) is -3.28. The molecule has 1 aromatic heterocycles. The van der Waals surface area contributed by atoms with Crippen molar-refractivity contribution in [2.75, 3.05) is 22.9 Å². The number of sulfonamides is 1. The maximum atomic E-state index is 12.3. The van der Waals surface area contributed by atoms with E-state index in [0.717, 1.165) is 22.7 Å². The van der Waals surface area contributed by atoms with Gasteiger partial charge in [0.25, 0.3) is 0 Å². The van der Waals surface area contributed by atoms with Crippen molar-refractivity contribution in [1.29, 1.82) is 0 Å². The van der Waals surface area contributed by atoms with Gasteiger partial charge >= 0.3 is 0 Å². The molecular weight excluding hydrogens is 354 g/mol. The summed E-state index contributed by atoms with van der Waals surface area (Å²) in [5.41, 5.74) is 3.84. The number of carbonyl (C=O) groups excluding carboxylic acids is 1. The maximum Gasteiger partial charge on any atom is 0.232 e. The van der Waals surface area contributed by atoms with E-state index in [-0.39, 0.29) is 5.78 Å². The first-order valence-electron chi connectivity index (χ1n) is 6.98. The van der Waals surface area contributed by atoms with Crippen LogP contribution in [0.2, 0.25) is 0 Å². The van der Waals surface area contributed by atoms with Crippen molar-refractivity contribution in [1.82, 2.24) is 10.2 Å². The smallest absolute Gasteiger partial charge is 0.232 e. The quantitative estimate of drug-likeness (QED) is 0.594. The Hall–Kier alpha value is -1.45. The Labute approximate surface area is 143 Å². The van der Waals surface area contributed by atoms with E-state index in [9.17, 15) is 13.2 Å². The zero-order valence-electron chi connectivity index (χ0n) is 12.4. The van der Waals surface area contributed by atoms with Crippen molar-refractivity contribution in [2.24, 2.45) is 0 Å². The van der Waals surface area contributed by atoms with Crippen LogP contribution in [0, 0.1) is 0 Å². The molecule has 0 saturated carbocycles. The average molecular weight is 369 g/mol. The Morgan fingerprint density at radius 1 is 1.43 bits per heavy atom. The van der Waals surface area contributed by atoms with E-state index in [4.69, 9.17) is 0 Å². The van der Waals surface area contributed by atoms with E-state index in [1.807, 2.05) is 6.07 Å². The van der Waals surface area contributed by atoms with E-state index >= 15 is 0 Å². The van der Waals surface area contributed by atoms with Gasteiger partial charge in [-0.2, -0.15) is 0 Å². The second-order valence-electron chi connectivity index (χ2n) is 5.20. The molecule has 0 N–H and O–H groups in total. The summed E-state index contributed by atoms with van der Waals surface area (Å²) in [6.07, 6.45) is 2.75. The van der Waals surface area contributed by atoms with Gasteiger partial charge < -0.3 is 0 Å². The number of fused-ring (bicyclic) bond motifs is 1. The van der Waals surface area contributed by atoms with Gasteiger partial charge in [0, 0.05) is 12.1 Å². The fourth-order valence-corrected chi connectivity index (χ4v) is 4.90. The fraction of sp³-hybridized carbons (Fsp3) is 0.357. The molecule has 0 amide bonds. The molecule has 122 valence electrons. The Morgan fingerprint density at radius 2 is 2.26 bits per heavy atom. The second-order valence-corrected chi connectivity index (χ2v) is 9.16. The van der Waals surface area contributed by atoms with E-state index in [1.165, 1.54) is 33.7 Å². The third kappa shape index (κ3) is 3.73. The first kappa shape index (κ1) is 16.4. The van der Waals surface area contributed by atoms with Crippen molar-refractivity contribution in [3.63, 3.8) is 0 Å². The van der Waals surface area contributed by atoms with Crippen molar-refractivity contribution < 1.29 is 13.2 Å². The average Bonchev–Trinajstić information content (AvgIpc) is 3.04. The van der Waals surface area contributed by atoms with Crippen molar-refractivity contribution >= 4 is 44.6 Å². The maximum absolute atomic E-state index is 12.3. The van der Waals surface area contributed by atoms with Gasteiger partial charge in [-0.1, -0.05) is 23.1 Å². The highest BCUT2D eigenvalue weighted by atomic mass is 32.2. The fourth-order valence-electron chi connectivity index (χ4n) is 2.52. The van der Waals surface area contributed by atoms with E-state index in [1.54, 1.807) is 17.6 Å². The number of benzene rings is 1. The molecule has 0 fully saturated rings. The molecule has 0 atom stereocenters. The molecule has 0 radical (unpaired) electrons. The topological polar surface area (TPSA) is 80.2 Å². The summed E-state index contributed by atoms with van der Waals surface area (Å²) in [5.74, 6) is 0.300. The number of anilines is 1. The van der Waals surface area contributed by atoms with Gasteiger partial charge in [-0.15, -0.1) is 10.2 Å². The third-order valence-corrected chi connectivity index (χ3v) is 6.58. The number of hydrogen-bond donors (Lipinski definition) is 0. The normalized spacial score (nSPS) is 14.6. The largest absolute Gasteiger partial charge is 0.293 e. The lowest BCUT2D eigenvalue weighted by molar-refractivity contribution is 0.102. The molecule has 1 aromatic carbocycles. The number of aryl methyl sites for hydroxylation is 1. The molecule has 1 aliphatic rings. The van der Waals surface area contributed by atoms with Crippen LogP contribution >= 0.6 is 23.1 Å². The highest BCUT2D eigenvalue weighted by Gasteiger charge is 2.24. The highest BCUT2D eigenvalue weighted by Crippen LogP contribution is 2.30. The Balaban J connectivity index is 1.79. The van der Waals surface area contributed by atoms with Gasteiger partial charge in [0.1, 0.15) is 5.51 Å². The van der Waals surface area contributed by atoms with Crippen molar-refractivity contribution in [3.8, 4) is 0 Å². The van der Waals surface area contributed by atoms with Gasteiger partial charge in [-0.3, -0.25) is 9.10 Å². The van der Waals surface area contributed by atoms with Gasteiger partial charge in [0.05, 0.1) is 17.7 Å². The number of rotatable bonds is 5. The summed E-state index contributed by atoms with van der Waals surface area (Å²) < 4.78 is 25.9. The molecule has 2 heterocycles. The highest BCUT2D eigenvalue weighted by molar-refractivity contribution is 8.01. The predicted octanol–water partition coefficient (Wildman–Crippen LogP) is 2.23. The van der Waals surface area contributed by atoms with Crippen molar-refractivity contribution in [3.05, 3.63) is 34.8 Å². The van der Waals surface area contributed by atoms with Crippen LogP contribution in [0.4, 0.5) is 5.69 Å². The summed E-state index contributed by atoms with van der Waals surface area (Å²) in [6, 6.07) is 5.25. The summed E-state index contributed by atoms with van der Waals surface area (Å²) >= 11 is 2.76. The SMILES string of the molecule is CS(=O)(=O)N1CCCc2cc(C(=O)CSc3nncs3)ccc21. The minimum Gasteiger partial charge on any atom is -0.293 e. The van der Waals surface area contributed by atoms with Crippen LogP contribution in [0.25, 0.3) is 0 Å². The lowest BCUT2D eigenvalue weighted by Gasteiger charge is -2.29.